The van der Waals surface area contributed by atoms with Crippen LogP contribution in [0.5, 0.6) is 5.75 Å². The van der Waals surface area contributed by atoms with Crippen LogP contribution < -0.4 is 15.4 Å². The van der Waals surface area contributed by atoms with Crippen molar-refractivity contribution in [3.05, 3.63) is 30.2 Å². The Morgan fingerprint density at radius 2 is 2.17 bits per heavy atom. The normalized spacial score (nSPS) is 21.4. The Kier molecular flexibility index (Phi) is 4.73. The predicted octanol–water partition coefficient (Wildman–Crippen LogP) is 2.87. The molecule has 3 aromatic heterocycles. The first-order chi connectivity index (χ1) is 14.5. The van der Waals surface area contributed by atoms with Gasteiger partial charge in [-0.2, -0.15) is 5.10 Å². The van der Waals surface area contributed by atoms with Gasteiger partial charge in [0, 0.05) is 43.6 Å². The lowest BCUT2D eigenvalue weighted by Crippen LogP contribution is -2.38. The van der Waals surface area contributed by atoms with Gasteiger partial charge in [-0.1, -0.05) is 0 Å². The van der Waals surface area contributed by atoms with E-state index in [-0.39, 0.29) is 24.8 Å². The summed E-state index contributed by atoms with van der Waals surface area (Å²) in [6, 6.07) is 3.80. The van der Waals surface area contributed by atoms with Gasteiger partial charge in [-0.3, -0.25) is 0 Å². The molecule has 10 heteroatoms. The van der Waals surface area contributed by atoms with Gasteiger partial charge >= 0.3 is 0 Å². The van der Waals surface area contributed by atoms with Crippen molar-refractivity contribution in [2.75, 3.05) is 25.5 Å². The maximum Gasteiger partial charge on any atom is 0.249 e. The number of nitrogens with one attached hydrogen (secondary N) is 2. The Hall–Kier alpha value is -2.88. The molecule has 1 aliphatic carbocycles. The molecular formula is C20H23F2N7O. The summed E-state index contributed by atoms with van der Waals surface area (Å²) in [6.45, 7) is 1.91. The molecule has 30 heavy (non-hydrogen) atoms. The Balaban J connectivity index is 1.48. The fraction of sp³-hybridized carbons (Fsp3) is 0.500. The fourth-order valence-corrected chi connectivity index (χ4v) is 4.12. The Labute approximate surface area is 172 Å². The molecule has 4 heterocycles. The molecule has 0 aromatic carbocycles. The van der Waals surface area contributed by atoms with Crippen molar-refractivity contribution in [3.63, 3.8) is 0 Å². The number of nitrogens with zero attached hydrogens (tertiary/aromatic N) is 5. The third-order valence-electron chi connectivity index (χ3n) is 5.73. The molecule has 0 amide bonds. The number of ether oxygens (including phenoxy) is 1. The minimum atomic E-state index is -2.63. The summed E-state index contributed by atoms with van der Waals surface area (Å²) in [4.78, 5) is 13.4. The molecule has 1 aliphatic heterocycles. The molecule has 0 radical (unpaired) electrons. The predicted molar refractivity (Wildman–Crippen MR) is 107 cm³/mol. The van der Waals surface area contributed by atoms with Gasteiger partial charge in [0.1, 0.15) is 17.1 Å². The number of hydrogen-bond acceptors (Lipinski definition) is 7. The molecule has 158 valence electrons. The lowest BCUT2D eigenvalue weighted by atomic mass is 9.79. The van der Waals surface area contributed by atoms with Crippen LogP contribution in [-0.4, -0.2) is 56.7 Å². The molecule has 8 nitrogen and oxygen atoms in total. The molecule has 1 saturated heterocycles. The van der Waals surface area contributed by atoms with E-state index >= 15 is 0 Å². The molecule has 3 aromatic rings. The summed E-state index contributed by atoms with van der Waals surface area (Å²) in [5.41, 5.74) is 2.43. The zero-order valence-electron chi connectivity index (χ0n) is 16.6. The van der Waals surface area contributed by atoms with Crippen LogP contribution in [0.25, 0.3) is 17.0 Å². The highest BCUT2D eigenvalue weighted by atomic mass is 19.3. The van der Waals surface area contributed by atoms with Crippen LogP contribution in [0.2, 0.25) is 0 Å². The number of halogens is 2. The molecule has 1 atom stereocenters. The number of anilines is 1. The van der Waals surface area contributed by atoms with Crippen LogP contribution in [0, 0.1) is 0 Å². The SMILES string of the molecule is COc1cc2ncc(-c3ccnc(NC4CCCNC4)n3)n2nc1C1CC(F)(F)C1. The highest BCUT2D eigenvalue weighted by Gasteiger charge is 2.47. The Morgan fingerprint density at radius 3 is 2.90 bits per heavy atom. The molecule has 2 aliphatic rings. The highest BCUT2D eigenvalue weighted by molar-refractivity contribution is 5.61. The molecule has 1 saturated carbocycles. The van der Waals surface area contributed by atoms with Crippen LogP contribution in [0.4, 0.5) is 14.7 Å². The Morgan fingerprint density at radius 1 is 1.30 bits per heavy atom. The maximum absolute atomic E-state index is 13.4. The molecular weight excluding hydrogens is 392 g/mol. The lowest BCUT2D eigenvalue weighted by Gasteiger charge is -2.34. The fourth-order valence-electron chi connectivity index (χ4n) is 4.12. The van der Waals surface area contributed by atoms with Gasteiger partial charge in [0.15, 0.2) is 5.65 Å². The molecule has 2 N–H and O–H groups in total. The first-order valence-electron chi connectivity index (χ1n) is 10.1. The van der Waals surface area contributed by atoms with E-state index in [0.717, 1.165) is 25.9 Å². The van der Waals surface area contributed by atoms with E-state index in [2.05, 4.69) is 30.7 Å². The molecule has 5 rings (SSSR count). The van der Waals surface area contributed by atoms with E-state index in [0.29, 0.717) is 34.4 Å². The highest BCUT2D eigenvalue weighted by Crippen LogP contribution is 2.49. The third kappa shape index (κ3) is 3.55. The molecule has 0 spiro atoms. The monoisotopic (exact) mass is 415 g/mol. The van der Waals surface area contributed by atoms with Gasteiger partial charge in [0.25, 0.3) is 0 Å². The van der Waals surface area contributed by atoms with Crippen LogP contribution in [0.3, 0.4) is 0 Å². The van der Waals surface area contributed by atoms with Gasteiger partial charge in [0.05, 0.1) is 19.0 Å². The molecule has 0 bridgehead atoms. The van der Waals surface area contributed by atoms with Crippen molar-refractivity contribution in [2.45, 2.75) is 43.6 Å². The average molecular weight is 415 g/mol. The second-order valence-electron chi connectivity index (χ2n) is 7.93. The summed E-state index contributed by atoms with van der Waals surface area (Å²) < 4.78 is 33.9. The standard InChI is InChI=1S/C20H23F2N7O/c1-30-16-7-17-25-11-15(29(17)28-18(16)12-8-20(21,22)9-12)14-4-6-24-19(27-14)26-13-3-2-5-23-10-13/h4,6-7,11-13,23H,2-3,5,8-10H2,1H3,(H,24,26,27). The number of rotatable bonds is 5. The van der Waals surface area contributed by atoms with E-state index < -0.39 is 5.92 Å². The summed E-state index contributed by atoms with van der Waals surface area (Å²) in [7, 11) is 1.51. The van der Waals surface area contributed by atoms with E-state index in [1.165, 1.54) is 7.11 Å². The zero-order valence-corrected chi connectivity index (χ0v) is 16.6. The van der Waals surface area contributed by atoms with E-state index in [9.17, 15) is 8.78 Å². The van der Waals surface area contributed by atoms with Crippen LogP contribution in [0.15, 0.2) is 24.5 Å². The summed E-state index contributed by atoms with van der Waals surface area (Å²) in [6.07, 6.45) is 5.10. The summed E-state index contributed by atoms with van der Waals surface area (Å²) >= 11 is 0. The van der Waals surface area contributed by atoms with Gasteiger partial charge < -0.3 is 15.4 Å². The number of imidazole rings is 1. The number of alkyl halides is 2. The number of aromatic nitrogens is 5. The largest absolute Gasteiger partial charge is 0.495 e. The van der Waals surface area contributed by atoms with Crippen LogP contribution in [0.1, 0.15) is 37.3 Å². The van der Waals surface area contributed by atoms with Crippen molar-refractivity contribution >= 4 is 11.6 Å². The molecule has 2 fully saturated rings. The van der Waals surface area contributed by atoms with Crippen LogP contribution >= 0.6 is 0 Å². The second-order valence-corrected chi connectivity index (χ2v) is 7.93. The van der Waals surface area contributed by atoms with E-state index in [1.54, 1.807) is 29.0 Å². The van der Waals surface area contributed by atoms with Crippen LogP contribution in [-0.2, 0) is 0 Å². The molecule has 1 unspecified atom stereocenters. The van der Waals surface area contributed by atoms with Crippen molar-refractivity contribution in [2.24, 2.45) is 0 Å². The first-order valence-corrected chi connectivity index (χ1v) is 10.1. The first kappa shape index (κ1) is 19.1. The van der Waals surface area contributed by atoms with Crippen molar-refractivity contribution < 1.29 is 13.5 Å². The van der Waals surface area contributed by atoms with Gasteiger partial charge in [0.2, 0.25) is 11.9 Å². The number of hydrogen-bond donors (Lipinski definition) is 2. The lowest BCUT2D eigenvalue weighted by molar-refractivity contribution is -0.0881. The second kappa shape index (κ2) is 7.42. The smallest absolute Gasteiger partial charge is 0.249 e. The van der Waals surface area contributed by atoms with Gasteiger partial charge in [-0.15, -0.1) is 0 Å². The van der Waals surface area contributed by atoms with Gasteiger partial charge in [-0.25, -0.2) is 28.2 Å². The summed E-state index contributed by atoms with van der Waals surface area (Å²) in [5.74, 6) is -1.94. The van der Waals surface area contributed by atoms with Crippen molar-refractivity contribution in [3.8, 4) is 17.1 Å². The maximum atomic E-state index is 13.4. The van der Waals surface area contributed by atoms with Crippen molar-refractivity contribution in [1.82, 2.24) is 29.9 Å². The minimum Gasteiger partial charge on any atom is -0.495 e. The Bertz CT molecular complexity index is 1060. The number of piperidine rings is 1. The quantitative estimate of drug-likeness (QED) is 0.662. The summed E-state index contributed by atoms with van der Waals surface area (Å²) in [5, 5.41) is 11.3. The van der Waals surface area contributed by atoms with Gasteiger partial charge in [-0.05, 0) is 25.5 Å². The third-order valence-corrected chi connectivity index (χ3v) is 5.73. The van der Waals surface area contributed by atoms with E-state index in [1.807, 2.05) is 0 Å². The number of fused-ring (bicyclic) bond motifs is 1. The minimum absolute atomic E-state index is 0.219. The number of methoxy groups -OCH3 is 1. The van der Waals surface area contributed by atoms with E-state index in [4.69, 9.17) is 4.74 Å². The zero-order chi connectivity index (χ0) is 20.7. The average Bonchev–Trinajstić information content (AvgIpc) is 3.15. The topological polar surface area (TPSA) is 89.3 Å². The van der Waals surface area contributed by atoms with Crippen molar-refractivity contribution in [1.29, 1.82) is 0 Å².